The Morgan fingerprint density at radius 1 is 1.17 bits per heavy atom. The quantitative estimate of drug-likeness (QED) is 0.537. The summed E-state index contributed by atoms with van der Waals surface area (Å²) < 4.78 is 6.78. The number of nitrogens with two attached hydrogens (primary N) is 1. The first-order chi connectivity index (χ1) is 10.7. The summed E-state index contributed by atoms with van der Waals surface area (Å²) in [5.74, 6) is 1.03. The molecule has 23 heavy (non-hydrogen) atoms. The molecule has 1 amide bonds. The largest absolute Gasteiger partial charge is 0.504 e. The van der Waals surface area contributed by atoms with Gasteiger partial charge in [0.1, 0.15) is 9.21 Å². The number of nitrogens with zero attached hydrogens (tertiary/aromatic N) is 2. The van der Waals surface area contributed by atoms with Gasteiger partial charge in [0.2, 0.25) is 0 Å². The van der Waals surface area contributed by atoms with Crippen LogP contribution in [0.3, 0.4) is 0 Å². The molecule has 0 unspecified atom stereocenters. The van der Waals surface area contributed by atoms with Crippen molar-refractivity contribution in [2.24, 2.45) is 0 Å². The number of hydrogen-bond acceptors (Lipinski definition) is 6. The molecular formula is C14H14Br2N4O3. The monoisotopic (exact) mass is 444 g/mol. The fraction of sp³-hybridized carbons (Fsp3) is 0.214. The Labute approximate surface area is 149 Å². The van der Waals surface area contributed by atoms with Crippen LogP contribution in [0.4, 0.5) is 11.6 Å². The van der Waals surface area contributed by atoms with Crippen molar-refractivity contribution >= 4 is 49.4 Å². The van der Waals surface area contributed by atoms with Crippen molar-refractivity contribution in [2.45, 2.75) is 19.4 Å². The van der Waals surface area contributed by atoms with Gasteiger partial charge in [-0.05, 0) is 70.0 Å². The van der Waals surface area contributed by atoms with E-state index in [0.29, 0.717) is 20.8 Å². The number of amides is 1. The van der Waals surface area contributed by atoms with Gasteiger partial charge >= 0.3 is 0 Å². The van der Waals surface area contributed by atoms with Crippen LogP contribution < -0.4 is 15.8 Å². The van der Waals surface area contributed by atoms with E-state index in [1.165, 1.54) is 6.07 Å². The minimum atomic E-state index is -0.831. The number of fused-ring (bicyclic) bond motifs is 1. The summed E-state index contributed by atoms with van der Waals surface area (Å²) in [7, 11) is 0. The molecule has 1 aliphatic heterocycles. The molecule has 3 heterocycles. The molecule has 0 fully saturated rings. The molecule has 0 spiro atoms. The number of nitrogens with one attached hydrogen (secondary N) is 1. The number of nitrogen functional groups attached to an aromatic ring is 1. The number of anilines is 2. The average Bonchev–Trinajstić information content (AvgIpc) is 2.46. The third-order valence-corrected chi connectivity index (χ3v) is 3.72. The molecule has 122 valence electrons. The SMILES string of the molecule is CC1(C)Oc2ccc(Br)nc2NC1=O.Nc1nc(Br)ccc1O. The predicted molar refractivity (Wildman–Crippen MR) is 93.3 cm³/mol. The van der Waals surface area contributed by atoms with Crippen molar-refractivity contribution in [3.05, 3.63) is 33.5 Å². The second-order valence-corrected chi connectivity index (χ2v) is 6.71. The Kier molecular flexibility index (Phi) is 5.10. The molecule has 0 aliphatic carbocycles. The van der Waals surface area contributed by atoms with E-state index in [1.807, 2.05) is 0 Å². The molecule has 9 heteroatoms. The van der Waals surface area contributed by atoms with Crippen LogP contribution in [0.5, 0.6) is 11.5 Å². The number of rotatable bonds is 0. The second-order valence-electron chi connectivity index (χ2n) is 5.09. The first-order valence-corrected chi connectivity index (χ1v) is 8.05. The highest BCUT2D eigenvalue weighted by Gasteiger charge is 2.35. The van der Waals surface area contributed by atoms with E-state index in [1.54, 1.807) is 32.0 Å². The second kappa shape index (κ2) is 6.71. The lowest BCUT2D eigenvalue weighted by molar-refractivity contribution is -0.129. The Balaban J connectivity index is 0.000000185. The highest BCUT2D eigenvalue weighted by atomic mass is 79.9. The Bertz CT molecular complexity index is 753. The predicted octanol–water partition coefficient (Wildman–Crippen LogP) is 3.09. The van der Waals surface area contributed by atoms with E-state index < -0.39 is 5.60 Å². The summed E-state index contributed by atoms with van der Waals surface area (Å²) >= 11 is 6.31. The number of halogens is 2. The van der Waals surface area contributed by atoms with Gasteiger partial charge in [-0.1, -0.05) is 0 Å². The molecule has 4 N–H and O–H groups in total. The molecule has 7 nitrogen and oxygen atoms in total. The van der Waals surface area contributed by atoms with Crippen LogP contribution >= 0.6 is 31.9 Å². The van der Waals surface area contributed by atoms with E-state index in [0.717, 1.165) is 0 Å². The topological polar surface area (TPSA) is 110 Å². The maximum atomic E-state index is 11.5. The Morgan fingerprint density at radius 2 is 1.78 bits per heavy atom. The summed E-state index contributed by atoms with van der Waals surface area (Å²) in [5, 5.41) is 11.5. The maximum Gasteiger partial charge on any atom is 0.269 e. The maximum absolute atomic E-state index is 11.5. The summed E-state index contributed by atoms with van der Waals surface area (Å²) in [4.78, 5) is 19.3. The third kappa shape index (κ3) is 4.32. The van der Waals surface area contributed by atoms with Crippen molar-refractivity contribution in [3.8, 4) is 11.5 Å². The van der Waals surface area contributed by atoms with Gasteiger partial charge in [-0.2, -0.15) is 0 Å². The minimum absolute atomic E-state index is 0.0122. The van der Waals surface area contributed by atoms with E-state index in [2.05, 4.69) is 47.1 Å². The highest BCUT2D eigenvalue weighted by molar-refractivity contribution is 9.10. The molecule has 0 bridgehead atoms. The van der Waals surface area contributed by atoms with Gasteiger partial charge in [0.05, 0.1) is 0 Å². The van der Waals surface area contributed by atoms with E-state index in [9.17, 15) is 4.79 Å². The van der Waals surface area contributed by atoms with Crippen molar-refractivity contribution in [2.75, 3.05) is 11.1 Å². The molecule has 0 aromatic carbocycles. The molecular weight excluding hydrogens is 432 g/mol. The van der Waals surface area contributed by atoms with Gasteiger partial charge in [-0.15, -0.1) is 0 Å². The number of pyridine rings is 2. The standard InChI is InChI=1S/C9H9BrN2O2.C5H5BrN2O/c1-9(2)8(13)12-7-5(14-9)3-4-6(10)11-7;6-4-2-1-3(9)5(7)8-4/h3-4H,1-2H3,(H,11,12,13);1-2,9H,(H2,7,8). The third-order valence-electron chi connectivity index (χ3n) is 2.84. The Morgan fingerprint density at radius 3 is 2.39 bits per heavy atom. The normalized spacial score (nSPS) is 14.7. The Hall–Kier alpha value is -1.87. The summed E-state index contributed by atoms with van der Waals surface area (Å²) in [6.45, 7) is 3.43. The molecule has 0 atom stereocenters. The zero-order valence-electron chi connectivity index (χ0n) is 12.3. The van der Waals surface area contributed by atoms with Gasteiger partial charge < -0.3 is 20.9 Å². The number of ether oxygens (including phenoxy) is 1. The molecule has 2 aromatic heterocycles. The van der Waals surface area contributed by atoms with Crippen LogP contribution in [0.15, 0.2) is 33.5 Å². The van der Waals surface area contributed by atoms with Crippen molar-refractivity contribution in [3.63, 3.8) is 0 Å². The van der Waals surface area contributed by atoms with Gasteiger partial charge in [-0.3, -0.25) is 4.79 Å². The van der Waals surface area contributed by atoms with Crippen molar-refractivity contribution < 1.29 is 14.6 Å². The lowest BCUT2D eigenvalue weighted by Gasteiger charge is -2.30. The van der Waals surface area contributed by atoms with Crippen molar-refractivity contribution in [1.29, 1.82) is 0 Å². The van der Waals surface area contributed by atoms with Crippen molar-refractivity contribution in [1.82, 2.24) is 9.97 Å². The lowest BCUT2D eigenvalue weighted by atomic mass is 10.1. The molecule has 3 rings (SSSR count). The fourth-order valence-corrected chi connectivity index (χ4v) is 2.25. The average molecular weight is 446 g/mol. The molecule has 0 saturated heterocycles. The summed E-state index contributed by atoms with van der Waals surface area (Å²) in [5.41, 5.74) is 4.40. The summed E-state index contributed by atoms with van der Waals surface area (Å²) in [6.07, 6.45) is 0. The van der Waals surface area contributed by atoms with Crippen LogP contribution in [0.25, 0.3) is 0 Å². The van der Waals surface area contributed by atoms with Gasteiger partial charge in [0, 0.05) is 0 Å². The minimum Gasteiger partial charge on any atom is -0.504 e. The zero-order chi connectivity index (χ0) is 17.2. The van der Waals surface area contributed by atoms with Gasteiger partial charge in [0.25, 0.3) is 5.91 Å². The number of carbonyl (C=O) groups excluding carboxylic acids is 1. The van der Waals surface area contributed by atoms with Gasteiger partial charge in [0.15, 0.2) is 28.7 Å². The van der Waals surface area contributed by atoms with Crippen LogP contribution in [0.1, 0.15) is 13.8 Å². The zero-order valence-corrected chi connectivity index (χ0v) is 15.5. The smallest absolute Gasteiger partial charge is 0.269 e. The molecule has 0 saturated carbocycles. The van der Waals surface area contributed by atoms with Crippen LogP contribution in [0.2, 0.25) is 0 Å². The lowest BCUT2D eigenvalue weighted by Crippen LogP contribution is -2.45. The number of carbonyl (C=O) groups is 1. The highest BCUT2D eigenvalue weighted by Crippen LogP contribution is 2.32. The number of aromatic hydroxyl groups is 1. The van der Waals surface area contributed by atoms with Crippen LogP contribution in [-0.2, 0) is 4.79 Å². The van der Waals surface area contributed by atoms with E-state index >= 15 is 0 Å². The molecule has 1 aliphatic rings. The summed E-state index contributed by atoms with van der Waals surface area (Å²) in [6, 6.07) is 6.64. The van der Waals surface area contributed by atoms with Gasteiger partial charge in [-0.25, -0.2) is 9.97 Å². The van der Waals surface area contributed by atoms with E-state index in [-0.39, 0.29) is 17.5 Å². The molecule has 2 aromatic rings. The van der Waals surface area contributed by atoms with Crippen LogP contribution in [-0.4, -0.2) is 26.6 Å². The fourth-order valence-electron chi connectivity index (χ4n) is 1.62. The first kappa shape index (κ1) is 17.5. The first-order valence-electron chi connectivity index (χ1n) is 6.47. The number of hydrogen-bond donors (Lipinski definition) is 3. The van der Waals surface area contributed by atoms with Crippen LogP contribution in [0, 0.1) is 0 Å². The number of aromatic nitrogens is 2. The van der Waals surface area contributed by atoms with E-state index in [4.69, 9.17) is 15.6 Å². The molecule has 0 radical (unpaired) electrons.